The van der Waals surface area contributed by atoms with E-state index in [1.807, 2.05) is 24.4 Å². The van der Waals surface area contributed by atoms with Crippen molar-refractivity contribution in [2.45, 2.75) is 19.4 Å². The molecule has 0 saturated carbocycles. The van der Waals surface area contributed by atoms with Crippen molar-refractivity contribution >= 4 is 55.4 Å². The van der Waals surface area contributed by atoms with Gasteiger partial charge in [0.25, 0.3) is 5.91 Å². The van der Waals surface area contributed by atoms with Crippen molar-refractivity contribution in [1.29, 1.82) is 0 Å². The summed E-state index contributed by atoms with van der Waals surface area (Å²) in [6, 6.07) is 12.2. The number of amides is 1. The average Bonchev–Trinajstić information content (AvgIpc) is 3.48. The summed E-state index contributed by atoms with van der Waals surface area (Å²) in [4.78, 5) is 19.0. The molecule has 1 N–H and O–H groups in total. The van der Waals surface area contributed by atoms with Gasteiger partial charge in [-0.15, -0.1) is 11.3 Å². The number of benzene rings is 1. The fourth-order valence-corrected chi connectivity index (χ4v) is 6.50. The van der Waals surface area contributed by atoms with Crippen LogP contribution in [0.5, 0.6) is 0 Å². The first kappa shape index (κ1) is 21.1. The number of aromatic nitrogens is 3. The number of hydrogen-bond donors (Lipinski definition) is 1. The molecule has 3 aromatic heterocycles. The fourth-order valence-electron chi connectivity index (χ4n) is 4.00. The van der Waals surface area contributed by atoms with Gasteiger partial charge < -0.3 is 5.32 Å². The van der Waals surface area contributed by atoms with E-state index in [9.17, 15) is 13.2 Å². The second-order valence-electron chi connectivity index (χ2n) is 7.78. The summed E-state index contributed by atoms with van der Waals surface area (Å²) in [6.45, 7) is 1.81. The Bertz CT molecular complexity index is 1430. The van der Waals surface area contributed by atoms with Crippen LogP contribution < -0.4 is 5.32 Å². The van der Waals surface area contributed by atoms with E-state index >= 15 is 0 Å². The molecule has 10 heteroatoms. The van der Waals surface area contributed by atoms with Gasteiger partial charge in [0.2, 0.25) is 0 Å². The maximum absolute atomic E-state index is 13.3. The lowest BCUT2D eigenvalue weighted by molar-refractivity contribution is 0.102. The third-order valence-electron chi connectivity index (χ3n) is 5.51. The highest BCUT2D eigenvalue weighted by atomic mass is 35.5. The first-order valence-corrected chi connectivity index (χ1v) is 13.1. The summed E-state index contributed by atoms with van der Waals surface area (Å²) in [7, 11) is -3.10. The van der Waals surface area contributed by atoms with E-state index in [1.165, 1.54) is 11.3 Å². The minimum Gasteiger partial charge on any atom is -0.322 e. The summed E-state index contributed by atoms with van der Waals surface area (Å²) < 4.78 is 25.8. The van der Waals surface area contributed by atoms with E-state index in [0.29, 0.717) is 45.1 Å². The molecule has 4 heterocycles. The Labute approximate surface area is 194 Å². The minimum atomic E-state index is -3.10. The molecular formula is C22H19ClN4O3S2. The number of anilines is 1. The van der Waals surface area contributed by atoms with Crippen LogP contribution in [0.4, 0.5) is 5.69 Å². The Morgan fingerprint density at radius 2 is 2.03 bits per heavy atom. The van der Waals surface area contributed by atoms with Crippen LogP contribution in [0.15, 0.2) is 47.8 Å². The molecule has 0 aliphatic carbocycles. The molecule has 1 fully saturated rings. The van der Waals surface area contributed by atoms with Crippen molar-refractivity contribution in [3.8, 4) is 10.6 Å². The quantitative estimate of drug-likeness (QED) is 0.450. The van der Waals surface area contributed by atoms with E-state index in [4.69, 9.17) is 16.6 Å². The van der Waals surface area contributed by atoms with Crippen LogP contribution in [0.25, 0.3) is 21.6 Å². The van der Waals surface area contributed by atoms with Gasteiger partial charge in [-0.05, 0) is 55.1 Å². The van der Waals surface area contributed by atoms with Crippen molar-refractivity contribution in [3.05, 3.63) is 64.1 Å². The van der Waals surface area contributed by atoms with Crippen molar-refractivity contribution < 1.29 is 13.2 Å². The van der Waals surface area contributed by atoms with E-state index in [2.05, 4.69) is 10.4 Å². The molecule has 1 aliphatic rings. The number of nitrogens with zero attached hydrogens (tertiary/aromatic N) is 3. The number of rotatable bonds is 4. The van der Waals surface area contributed by atoms with Crippen molar-refractivity contribution in [3.63, 3.8) is 0 Å². The molecule has 1 aromatic carbocycles. The number of pyridine rings is 1. The number of hydrogen-bond acceptors (Lipinski definition) is 6. The third kappa shape index (κ3) is 3.92. The number of carbonyl (C=O) groups is 1. The zero-order valence-electron chi connectivity index (χ0n) is 17.1. The number of fused-ring (bicyclic) bond motifs is 1. The summed E-state index contributed by atoms with van der Waals surface area (Å²) in [6.07, 6.45) is 0.482. The van der Waals surface area contributed by atoms with Crippen molar-refractivity contribution in [2.24, 2.45) is 0 Å². The maximum atomic E-state index is 13.3. The van der Waals surface area contributed by atoms with Crippen LogP contribution in [0, 0.1) is 6.92 Å². The van der Waals surface area contributed by atoms with Gasteiger partial charge in [0.05, 0.1) is 44.8 Å². The predicted molar refractivity (Wildman–Crippen MR) is 127 cm³/mol. The van der Waals surface area contributed by atoms with Crippen LogP contribution >= 0.6 is 22.9 Å². The van der Waals surface area contributed by atoms with E-state index in [1.54, 1.807) is 35.0 Å². The Morgan fingerprint density at radius 1 is 1.25 bits per heavy atom. The molecule has 1 amide bonds. The fraction of sp³-hybridized carbons (Fsp3) is 0.227. The lowest BCUT2D eigenvalue weighted by Gasteiger charge is -2.12. The lowest BCUT2D eigenvalue weighted by atomic mass is 10.1. The molecule has 1 atom stereocenters. The summed E-state index contributed by atoms with van der Waals surface area (Å²) >= 11 is 7.47. The highest BCUT2D eigenvalue weighted by Gasteiger charge is 2.32. The van der Waals surface area contributed by atoms with Crippen LogP contribution in [0.1, 0.15) is 28.5 Å². The normalized spacial score (nSPS) is 17.6. The first-order chi connectivity index (χ1) is 15.3. The molecule has 5 rings (SSSR count). The molecule has 7 nitrogen and oxygen atoms in total. The standard InChI is InChI=1S/C22H19ClN4O3S2/c1-13-20-17(22(28)24-15-6-4-14(23)5-7-15)11-18(19-3-2-9-31-19)25-21(20)27(26-13)16-8-10-32(29,30)12-16/h2-7,9,11,16H,8,10,12H2,1H3,(H,24,28). The summed E-state index contributed by atoms with van der Waals surface area (Å²) in [5.74, 6) is -0.133. The summed E-state index contributed by atoms with van der Waals surface area (Å²) in [5, 5.41) is 10.7. The first-order valence-electron chi connectivity index (χ1n) is 10.0. The number of carbonyl (C=O) groups excluding carboxylic acids is 1. The Kier molecular flexibility index (Phi) is 5.27. The number of aryl methyl sites for hydroxylation is 1. The second-order valence-corrected chi connectivity index (χ2v) is 11.4. The third-order valence-corrected chi connectivity index (χ3v) is 8.41. The van der Waals surface area contributed by atoms with Crippen molar-refractivity contribution in [2.75, 3.05) is 16.8 Å². The van der Waals surface area contributed by atoms with Crippen LogP contribution in [-0.2, 0) is 9.84 Å². The van der Waals surface area contributed by atoms with E-state index < -0.39 is 9.84 Å². The smallest absolute Gasteiger partial charge is 0.256 e. The Balaban J connectivity index is 1.66. The highest BCUT2D eigenvalue weighted by molar-refractivity contribution is 7.91. The molecule has 0 bridgehead atoms. The molecule has 0 radical (unpaired) electrons. The lowest BCUT2D eigenvalue weighted by Crippen LogP contribution is -2.15. The number of nitrogens with one attached hydrogen (secondary N) is 1. The zero-order chi connectivity index (χ0) is 22.5. The molecule has 164 valence electrons. The monoisotopic (exact) mass is 486 g/mol. The van der Waals surface area contributed by atoms with Crippen molar-refractivity contribution in [1.82, 2.24) is 14.8 Å². The SMILES string of the molecule is Cc1nn(C2CCS(=O)(=O)C2)c2nc(-c3cccs3)cc(C(=O)Nc3ccc(Cl)cc3)c12. The van der Waals surface area contributed by atoms with Gasteiger partial charge in [0.15, 0.2) is 15.5 Å². The van der Waals surface area contributed by atoms with Crippen LogP contribution in [-0.4, -0.2) is 40.6 Å². The molecule has 1 unspecified atom stereocenters. The van der Waals surface area contributed by atoms with Gasteiger partial charge in [-0.3, -0.25) is 4.79 Å². The van der Waals surface area contributed by atoms with Crippen LogP contribution in [0.2, 0.25) is 5.02 Å². The molecule has 0 spiro atoms. The molecule has 1 aliphatic heterocycles. The zero-order valence-corrected chi connectivity index (χ0v) is 19.5. The number of halogens is 1. The minimum absolute atomic E-state index is 0.0282. The van der Waals surface area contributed by atoms with E-state index in [0.717, 1.165) is 4.88 Å². The Hall–Kier alpha value is -2.75. The maximum Gasteiger partial charge on any atom is 0.256 e. The number of thiophene rings is 1. The molecule has 32 heavy (non-hydrogen) atoms. The average molecular weight is 487 g/mol. The molecular weight excluding hydrogens is 468 g/mol. The predicted octanol–water partition coefficient (Wildman–Crippen LogP) is 4.73. The molecule has 1 saturated heterocycles. The van der Waals surface area contributed by atoms with Gasteiger partial charge in [-0.25, -0.2) is 18.1 Å². The van der Waals surface area contributed by atoms with Crippen LogP contribution in [0.3, 0.4) is 0 Å². The highest BCUT2D eigenvalue weighted by Crippen LogP contribution is 2.33. The topological polar surface area (TPSA) is 93.9 Å². The Morgan fingerprint density at radius 3 is 2.69 bits per heavy atom. The van der Waals surface area contributed by atoms with Gasteiger partial charge >= 0.3 is 0 Å². The van der Waals surface area contributed by atoms with Gasteiger partial charge in [-0.1, -0.05) is 17.7 Å². The number of sulfone groups is 1. The summed E-state index contributed by atoms with van der Waals surface area (Å²) in [5.41, 5.74) is 2.87. The van der Waals surface area contributed by atoms with Gasteiger partial charge in [-0.2, -0.15) is 5.10 Å². The molecule has 4 aromatic rings. The van der Waals surface area contributed by atoms with E-state index in [-0.39, 0.29) is 23.5 Å². The van der Waals surface area contributed by atoms with Gasteiger partial charge in [0.1, 0.15) is 0 Å². The second kappa shape index (κ2) is 7.99. The largest absolute Gasteiger partial charge is 0.322 e. The van der Waals surface area contributed by atoms with Gasteiger partial charge in [0, 0.05) is 10.7 Å².